The summed E-state index contributed by atoms with van der Waals surface area (Å²) in [4.78, 5) is 2.43. The van der Waals surface area contributed by atoms with Crippen LogP contribution in [0.15, 0.2) is 12.1 Å². The first kappa shape index (κ1) is 12.5. The van der Waals surface area contributed by atoms with Crippen LogP contribution in [0.2, 0.25) is 0 Å². The molecular formula is C15H22N4. The van der Waals surface area contributed by atoms with Crippen LogP contribution in [-0.4, -0.2) is 35.2 Å². The van der Waals surface area contributed by atoms with Gasteiger partial charge >= 0.3 is 0 Å². The van der Waals surface area contributed by atoms with Crippen LogP contribution in [0.1, 0.15) is 24.0 Å². The Morgan fingerprint density at radius 1 is 1.47 bits per heavy atom. The zero-order valence-corrected chi connectivity index (χ0v) is 11.7. The monoisotopic (exact) mass is 258 g/mol. The highest BCUT2D eigenvalue weighted by atomic mass is 15.1. The molecule has 0 spiro atoms. The summed E-state index contributed by atoms with van der Waals surface area (Å²) in [5, 5.41) is 8.19. The van der Waals surface area contributed by atoms with Crippen molar-refractivity contribution in [3.8, 4) is 0 Å². The number of hydrogen-bond acceptors (Lipinski definition) is 3. The fourth-order valence-corrected chi connectivity index (χ4v) is 3.24. The average Bonchev–Trinajstić information content (AvgIpc) is 2.94. The Morgan fingerprint density at radius 2 is 2.32 bits per heavy atom. The quantitative estimate of drug-likeness (QED) is 0.888. The van der Waals surface area contributed by atoms with Crippen LogP contribution >= 0.6 is 0 Å². The molecule has 1 atom stereocenters. The Labute approximate surface area is 114 Å². The van der Waals surface area contributed by atoms with Gasteiger partial charge in [0.25, 0.3) is 0 Å². The van der Waals surface area contributed by atoms with Gasteiger partial charge in [-0.1, -0.05) is 6.07 Å². The van der Waals surface area contributed by atoms with Crippen molar-refractivity contribution in [3.63, 3.8) is 0 Å². The smallest absolute Gasteiger partial charge is 0.153 e. The molecule has 0 saturated carbocycles. The zero-order valence-electron chi connectivity index (χ0n) is 11.7. The van der Waals surface area contributed by atoms with Crippen molar-refractivity contribution in [2.45, 2.75) is 26.2 Å². The van der Waals surface area contributed by atoms with Crippen LogP contribution in [0.5, 0.6) is 0 Å². The van der Waals surface area contributed by atoms with Crippen LogP contribution < -0.4 is 5.73 Å². The zero-order chi connectivity index (χ0) is 13.4. The predicted octanol–water partition coefficient (Wildman–Crippen LogP) is 2.34. The number of rotatable bonds is 3. The van der Waals surface area contributed by atoms with Gasteiger partial charge in [-0.15, -0.1) is 0 Å². The van der Waals surface area contributed by atoms with Gasteiger partial charge in [-0.25, -0.2) is 0 Å². The Kier molecular flexibility index (Phi) is 3.19. The van der Waals surface area contributed by atoms with Crippen molar-refractivity contribution in [2.24, 2.45) is 5.92 Å². The van der Waals surface area contributed by atoms with E-state index in [1.165, 1.54) is 37.1 Å². The van der Waals surface area contributed by atoms with Crippen molar-refractivity contribution < 1.29 is 0 Å². The van der Waals surface area contributed by atoms with Gasteiger partial charge in [0.1, 0.15) is 0 Å². The number of benzene rings is 1. The highest BCUT2D eigenvalue weighted by molar-refractivity contribution is 5.92. The number of hydrogen-bond donors (Lipinski definition) is 2. The van der Waals surface area contributed by atoms with E-state index in [1.807, 2.05) is 0 Å². The molecule has 1 aliphatic rings. The van der Waals surface area contributed by atoms with Crippen molar-refractivity contribution in [1.29, 1.82) is 0 Å². The van der Waals surface area contributed by atoms with Crippen molar-refractivity contribution in [2.75, 3.05) is 25.9 Å². The number of nitrogens with zero attached hydrogens (tertiary/aromatic N) is 2. The number of aromatic nitrogens is 2. The van der Waals surface area contributed by atoms with Crippen LogP contribution in [0, 0.1) is 12.8 Å². The lowest BCUT2D eigenvalue weighted by molar-refractivity contribution is 0.388. The third-order valence-corrected chi connectivity index (χ3v) is 4.28. The molecule has 0 bridgehead atoms. The standard InChI is InChI=1S/C15H22N4/c1-10-7-12(4-3-11-5-6-19(2)9-11)8-13-14(10)15(16)18-17-13/h7-8,11H,3-6,9H2,1-2H3,(H3,16,17,18). The minimum Gasteiger partial charge on any atom is -0.382 e. The number of nitrogens with two attached hydrogens (primary N) is 1. The second-order valence-corrected chi connectivity index (χ2v) is 5.90. The summed E-state index contributed by atoms with van der Waals surface area (Å²) in [6, 6.07) is 4.46. The van der Waals surface area contributed by atoms with E-state index in [0.717, 1.165) is 23.2 Å². The number of nitrogens with one attached hydrogen (secondary N) is 1. The van der Waals surface area contributed by atoms with E-state index in [4.69, 9.17) is 5.73 Å². The summed E-state index contributed by atoms with van der Waals surface area (Å²) in [6.07, 6.45) is 3.77. The summed E-state index contributed by atoms with van der Waals surface area (Å²) in [6.45, 7) is 4.61. The first-order valence-corrected chi connectivity index (χ1v) is 7.05. The molecule has 3 rings (SSSR count). The number of likely N-dealkylation sites (tertiary alicyclic amines) is 1. The normalized spacial score (nSPS) is 20.4. The molecule has 1 aliphatic heterocycles. The van der Waals surface area contributed by atoms with Gasteiger partial charge in [-0.3, -0.25) is 5.10 Å². The van der Waals surface area contributed by atoms with Gasteiger partial charge < -0.3 is 10.6 Å². The Balaban J connectivity index is 1.74. The Hall–Kier alpha value is -1.55. The molecule has 4 heteroatoms. The maximum Gasteiger partial charge on any atom is 0.153 e. The fourth-order valence-electron chi connectivity index (χ4n) is 3.24. The molecule has 102 valence electrons. The van der Waals surface area contributed by atoms with Crippen molar-refractivity contribution >= 4 is 16.7 Å². The maximum absolute atomic E-state index is 5.87. The minimum atomic E-state index is 0.608. The molecule has 3 N–H and O–H groups in total. The first-order valence-electron chi connectivity index (χ1n) is 7.05. The summed E-state index contributed by atoms with van der Waals surface area (Å²) in [5.41, 5.74) is 9.55. The van der Waals surface area contributed by atoms with Crippen LogP contribution in [0.25, 0.3) is 10.9 Å². The van der Waals surface area contributed by atoms with Gasteiger partial charge in [-0.2, -0.15) is 5.10 Å². The summed E-state index contributed by atoms with van der Waals surface area (Å²) in [7, 11) is 2.21. The van der Waals surface area contributed by atoms with E-state index < -0.39 is 0 Å². The van der Waals surface area contributed by atoms with Crippen LogP contribution in [0.4, 0.5) is 5.82 Å². The van der Waals surface area contributed by atoms with Gasteiger partial charge in [-0.05, 0) is 62.9 Å². The third kappa shape index (κ3) is 2.45. The van der Waals surface area contributed by atoms with Crippen LogP contribution in [-0.2, 0) is 6.42 Å². The molecule has 1 saturated heterocycles. The number of aromatic amines is 1. The van der Waals surface area contributed by atoms with E-state index in [-0.39, 0.29) is 0 Å². The van der Waals surface area contributed by atoms with Gasteiger partial charge in [0.15, 0.2) is 5.82 Å². The minimum absolute atomic E-state index is 0.608. The Bertz CT molecular complexity index is 587. The van der Waals surface area contributed by atoms with E-state index in [0.29, 0.717) is 5.82 Å². The van der Waals surface area contributed by atoms with Gasteiger partial charge in [0.05, 0.1) is 5.52 Å². The lowest BCUT2D eigenvalue weighted by Gasteiger charge is -2.11. The maximum atomic E-state index is 5.87. The molecule has 1 aromatic heterocycles. The molecular weight excluding hydrogens is 236 g/mol. The largest absolute Gasteiger partial charge is 0.382 e. The molecule has 0 aliphatic carbocycles. The lowest BCUT2D eigenvalue weighted by atomic mass is 9.97. The molecule has 19 heavy (non-hydrogen) atoms. The molecule has 2 heterocycles. The molecule has 1 aromatic carbocycles. The average molecular weight is 258 g/mol. The molecule has 2 aromatic rings. The highest BCUT2D eigenvalue weighted by Gasteiger charge is 2.19. The van der Waals surface area contributed by atoms with Crippen molar-refractivity contribution in [1.82, 2.24) is 15.1 Å². The second-order valence-electron chi connectivity index (χ2n) is 5.90. The predicted molar refractivity (Wildman–Crippen MR) is 79.2 cm³/mol. The summed E-state index contributed by atoms with van der Waals surface area (Å²) < 4.78 is 0. The van der Waals surface area contributed by atoms with Gasteiger partial charge in [0, 0.05) is 11.9 Å². The topological polar surface area (TPSA) is 57.9 Å². The molecule has 1 fully saturated rings. The molecule has 1 unspecified atom stereocenters. The lowest BCUT2D eigenvalue weighted by Crippen LogP contribution is -2.14. The summed E-state index contributed by atoms with van der Waals surface area (Å²) in [5.74, 6) is 1.46. The summed E-state index contributed by atoms with van der Waals surface area (Å²) >= 11 is 0. The van der Waals surface area contributed by atoms with Crippen LogP contribution in [0.3, 0.4) is 0 Å². The number of anilines is 1. The molecule has 0 amide bonds. The van der Waals surface area contributed by atoms with E-state index >= 15 is 0 Å². The number of H-pyrrole nitrogens is 1. The second kappa shape index (κ2) is 4.85. The number of fused-ring (bicyclic) bond motifs is 1. The fraction of sp³-hybridized carbons (Fsp3) is 0.533. The number of nitrogen functional groups attached to an aromatic ring is 1. The van der Waals surface area contributed by atoms with E-state index in [9.17, 15) is 0 Å². The van der Waals surface area contributed by atoms with Crippen molar-refractivity contribution in [3.05, 3.63) is 23.3 Å². The SMILES string of the molecule is Cc1cc(CCC2CCN(C)C2)cc2[nH]nc(N)c12. The Morgan fingerprint density at radius 3 is 3.05 bits per heavy atom. The first-order chi connectivity index (χ1) is 9.13. The number of aryl methyl sites for hydroxylation is 2. The van der Waals surface area contributed by atoms with E-state index in [2.05, 4.69) is 41.2 Å². The highest BCUT2D eigenvalue weighted by Crippen LogP contribution is 2.26. The third-order valence-electron chi connectivity index (χ3n) is 4.28. The molecule has 0 radical (unpaired) electrons. The molecule has 4 nitrogen and oxygen atoms in total. The van der Waals surface area contributed by atoms with E-state index in [1.54, 1.807) is 0 Å². The van der Waals surface area contributed by atoms with Gasteiger partial charge in [0.2, 0.25) is 0 Å².